The Hall–Kier alpha value is -1.92. The number of aromatic nitrogens is 4. The van der Waals surface area contributed by atoms with E-state index in [9.17, 15) is 0 Å². The van der Waals surface area contributed by atoms with Gasteiger partial charge in [-0.1, -0.05) is 11.6 Å². The molecular formula is C14H11BrClN5. The van der Waals surface area contributed by atoms with E-state index < -0.39 is 0 Å². The third-order valence-electron chi connectivity index (χ3n) is 3.11. The van der Waals surface area contributed by atoms with Crippen molar-refractivity contribution >= 4 is 33.2 Å². The zero-order chi connectivity index (χ0) is 15.0. The molecule has 21 heavy (non-hydrogen) atoms. The highest BCUT2D eigenvalue weighted by molar-refractivity contribution is 9.10. The van der Waals surface area contributed by atoms with E-state index in [0.29, 0.717) is 16.5 Å². The maximum atomic E-state index is 6.14. The third kappa shape index (κ3) is 2.64. The Bertz CT molecular complexity index is 815. The predicted molar refractivity (Wildman–Crippen MR) is 86.4 cm³/mol. The van der Waals surface area contributed by atoms with E-state index in [4.69, 9.17) is 17.3 Å². The first-order valence-corrected chi connectivity index (χ1v) is 7.33. The van der Waals surface area contributed by atoms with Crippen LogP contribution in [0.1, 0.15) is 5.56 Å². The fraction of sp³-hybridized carbons (Fsp3) is 0.0714. The lowest BCUT2D eigenvalue weighted by atomic mass is 10.1. The number of nitrogens with two attached hydrogens (primary N) is 1. The average molecular weight is 365 g/mol. The molecular weight excluding hydrogens is 354 g/mol. The van der Waals surface area contributed by atoms with Crippen molar-refractivity contribution in [1.82, 2.24) is 20.2 Å². The molecule has 3 aromatic rings. The number of benzene rings is 2. The van der Waals surface area contributed by atoms with Crippen LogP contribution in [0.2, 0.25) is 5.02 Å². The highest BCUT2D eigenvalue weighted by Crippen LogP contribution is 2.28. The van der Waals surface area contributed by atoms with Gasteiger partial charge in [0.2, 0.25) is 0 Å². The molecule has 0 fully saturated rings. The highest BCUT2D eigenvalue weighted by Gasteiger charge is 2.13. The van der Waals surface area contributed by atoms with Gasteiger partial charge in [0.15, 0.2) is 5.82 Å². The topological polar surface area (TPSA) is 69.6 Å². The lowest BCUT2D eigenvalue weighted by Crippen LogP contribution is -2.01. The van der Waals surface area contributed by atoms with E-state index in [1.165, 1.54) is 0 Å². The van der Waals surface area contributed by atoms with E-state index in [1.807, 2.05) is 37.3 Å². The quantitative estimate of drug-likeness (QED) is 0.705. The first kappa shape index (κ1) is 14.0. The molecule has 5 nitrogen and oxygen atoms in total. The summed E-state index contributed by atoms with van der Waals surface area (Å²) in [6.45, 7) is 1.97. The van der Waals surface area contributed by atoms with Crippen LogP contribution in [0.15, 0.2) is 40.9 Å². The van der Waals surface area contributed by atoms with Gasteiger partial charge in [-0.2, -0.15) is 4.68 Å². The monoisotopic (exact) mass is 363 g/mol. The number of aryl methyl sites for hydroxylation is 1. The maximum absolute atomic E-state index is 6.14. The first-order chi connectivity index (χ1) is 10.1. The second-order valence-corrected chi connectivity index (χ2v) is 5.85. The lowest BCUT2D eigenvalue weighted by molar-refractivity contribution is 0.791. The Morgan fingerprint density at radius 2 is 2.00 bits per heavy atom. The molecule has 2 aromatic carbocycles. The Balaban J connectivity index is 2.14. The summed E-state index contributed by atoms with van der Waals surface area (Å²) < 4.78 is 2.47. The molecule has 7 heteroatoms. The van der Waals surface area contributed by atoms with Gasteiger partial charge in [0.05, 0.1) is 10.7 Å². The summed E-state index contributed by atoms with van der Waals surface area (Å²) in [4.78, 5) is 0. The maximum Gasteiger partial charge on any atom is 0.187 e. The molecule has 0 bridgehead atoms. The number of rotatable bonds is 2. The van der Waals surface area contributed by atoms with E-state index in [2.05, 4.69) is 31.5 Å². The molecule has 0 aliphatic rings. The van der Waals surface area contributed by atoms with Crippen molar-refractivity contribution in [1.29, 1.82) is 0 Å². The van der Waals surface area contributed by atoms with Crippen molar-refractivity contribution in [2.24, 2.45) is 0 Å². The van der Waals surface area contributed by atoms with Crippen LogP contribution in [0, 0.1) is 6.92 Å². The van der Waals surface area contributed by atoms with Crippen LogP contribution in [0.4, 0.5) is 5.69 Å². The Morgan fingerprint density at radius 3 is 2.71 bits per heavy atom. The second-order valence-electron chi connectivity index (χ2n) is 4.59. The van der Waals surface area contributed by atoms with E-state index >= 15 is 0 Å². The number of hydrogen-bond acceptors (Lipinski definition) is 4. The van der Waals surface area contributed by atoms with Gasteiger partial charge in [0, 0.05) is 15.7 Å². The van der Waals surface area contributed by atoms with Gasteiger partial charge < -0.3 is 5.73 Å². The number of tetrazole rings is 1. The zero-order valence-corrected chi connectivity index (χ0v) is 13.4. The van der Waals surface area contributed by atoms with E-state index in [0.717, 1.165) is 21.3 Å². The molecule has 1 aromatic heterocycles. The molecule has 0 spiro atoms. The van der Waals surface area contributed by atoms with Crippen LogP contribution in [0.25, 0.3) is 17.1 Å². The molecule has 3 rings (SSSR count). The van der Waals surface area contributed by atoms with Crippen molar-refractivity contribution in [3.8, 4) is 17.1 Å². The largest absolute Gasteiger partial charge is 0.399 e. The standard InChI is InChI=1S/C14H11BrClN5/c1-8-6-9(17)2-4-11(8)14-18-19-20-21(14)10-3-5-12(15)13(16)7-10/h2-7H,17H2,1H3. The van der Waals surface area contributed by atoms with Crippen molar-refractivity contribution < 1.29 is 0 Å². The number of hydrogen-bond donors (Lipinski definition) is 1. The molecule has 0 aliphatic carbocycles. The van der Waals surface area contributed by atoms with Crippen molar-refractivity contribution in [2.75, 3.05) is 5.73 Å². The Kier molecular flexibility index (Phi) is 3.65. The zero-order valence-electron chi connectivity index (χ0n) is 11.1. The van der Waals surface area contributed by atoms with Crippen LogP contribution in [-0.4, -0.2) is 20.2 Å². The Morgan fingerprint density at radius 1 is 1.19 bits per heavy atom. The fourth-order valence-corrected chi connectivity index (χ4v) is 2.50. The molecule has 1 heterocycles. The molecule has 0 saturated heterocycles. The molecule has 2 N–H and O–H groups in total. The van der Waals surface area contributed by atoms with Gasteiger partial charge >= 0.3 is 0 Å². The van der Waals surface area contributed by atoms with Gasteiger partial charge in [0.25, 0.3) is 0 Å². The van der Waals surface area contributed by atoms with Gasteiger partial charge in [0.1, 0.15) is 0 Å². The molecule has 106 valence electrons. The molecule has 0 radical (unpaired) electrons. The molecule has 0 saturated carbocycles. The predicted octanol–water partition coefficient (Wildman–Crippen LogP) is 3.64. The van der Waals surface area contributed by atoms with Crippen molar-refractivity contribution in [3.05, 3.63) is 51.5 Å². The summed E-state index contributed by atoms with van der Waals surface area (Å²) in [7, 11) is 0. The van der Waals surface area contributed by atoms with Crippen molar-refractivity contribution in [3.63, 3.8) is 0 Å². The van der Waals surface area contributed by atoms with Crippen LogP contribution in [0.5, 0.6) is 0 Å². The molecule has 0 unspecified atom stereocenters. The summed E-state index contributed by atoms with van der Waals surface area (Å²) in [5.41, 5.74) is 9.22. The number of anilines is 1. The smallest absolute Gasteiger partial charge is 0.187 e. The molecule has 0 atom stereocenters. The van der Waals surface area contributed by atoms with Gasteiger partial charge in [-0.05, 0) is 75.2 Å². The minimum Gasteiger partial charge on any atom is -0.399 e. The number of halogens is 2. The number of nitrogen functional groups attached to an aromatic ring is 1. The van der Waals surface area contributed by atoms with Crippen LogP contribution < -0.4 is 5.73 Å². The minimum absolute atomic E-state index is 0.600. The van der Waals surface area contributed by atoms with Crippen LogP contribution >= 0.6 is 27.5 Å². The summed E-state index contributed by atoms with van der Waals surface area (Å²) in [6, 6.07) is 11.2. The van der Waals surface area contributed by atoms with Crippen LogP contribution in [0.3, 0.4) is 0 Å². The van der Waals surface area contributed by atoms with Gasteiger partial charge in [-0.15, -0.1) is 5.10 Å². The van der Waals surface area contributed by atoms with Crippen molar-refractivity contribution in [2.45, 2.75) is 6.92 Å². The molecule has 0 aliphatic heterocycles. The Labute approximate surface area is 134 Å². The van der Waals surface area contributed by atoms with E-state index in [-0.39, 0.29) is 0 Å². The SMILES string of the molecule is Cc1cc(N)ccc1-c1nnnn1-c1ccc(Br)c(Cl)c1. The van der Waals surface area contributed by atoms with E-state index in [1.54, 1.807) is 10.7 Å². The first-order valence-electron chi connectivity index (χ1n) is 6.16. The normalized spacial score (nSPS) is 10.8. The summed E-state index contributed by atoms with van der Waals surface area (Å²) >= 11 is 9.50. The summed E-state index contributed by atoms with van der Waals surface area (Å²) in [5.74, 6) is 0.644. The van der Waals surface area contributed by atoms with Gasteiger partial charge in [-0.3, -0.25) is 0 Å². The molecule has 0 amide bonds. The highest BCUT2D eigenvalue weighted by atomic mass is 79.9. The lowest BCUT2D eigenvalue weighted by Gasteiger charge is -2.08. The third-order valence-corrected chi connectivity index (χ3v) is 4.34. The summed E-state index contributed by atoms with van der Waals surface area (Å²) in [5, 5.41) is 12.5. The number of nitrogens with zero attached hydrogens (tertiary/aromatic N) is 4. The van der Waals surface area contributed by atoms with Crippen LogP contribution in [-0.2, 0) is 0 Å². The van der Waals surface area contributed by atoms with Gasteiger partial charge in [-0.25, -0.2) is 0 Å². The summed E-state index contributed by atoms with van der Waals surface area (Å²) in [6.07, 6.45) is 0. The average Bonchev–Trinajstić information content (AvgIpc) is 2.91. The second kappa shape index (κ2) is 5.46. The fourth-order valence-electron chi connectivity index (χ4n) is 2.08. The minimum atomic E-state index is 0.600.